The molecular weight excluding hydrogens is 450 g/mol. The number of aromatic nitrogens is 1. The van der Waals surface area contributed by atoms with Crippen molar-refractivity contribution >= 4 is 32.8 Å². The number of fused-ring (bicyclic) bond motifs is 9. The Kier molecular flexibility index (Phi) is 4.03. The standard InChI is InChI=1S/C35H25NO/c1-35(2)29-17-8-6-16-27(29)31-28-20-19-26-25-15-7-9-18-30(25)36(32(26)33(28)37-34(31)35)24-14-10-13-23(21-24)22-11-4-3-5-12-22/h3-21H,1-2H3. The molecule has 0 fully saturated rings. The van der Waals surface area contributed by atoms with Crippen molar-refractivity contribution in [3.05, 3.63) is 127 Å². The number of furan rings is 1. The Morgan fingerprint density at radius 1 is 0.622 bits per heavy atom. The second-order valence-corrected chi connectivity index (χ2v) is 10.6. The molecule has 176 valence electrons. The van der Waals surface area contributed by atoms with Gasteiger partial charge in [-0.1, -0.05) is 91.0 Å². The maximum atomic E-state index is 6.91. The summed E-state index contributed by atoms with van der Waals surface area (Å²) in [5.41, 5.74) is 10.5. The van der Waals surface area contributed by atoms with E-state index in [0.29, 0.717) is 0 Å². The van der Waals surface area contributed by atoms with Crippen LogP contribution in [-0.2, 0) is 5.41 Å². The molecule has 0 radical (unpaired) electrons. The normalized spacial score (nSPS) is 13.9. The quantitative estimate of drug-likeness (QED) is 0.243. The molecular formula is C35H25NO. The van der Waals surface area contributed by atoms with Crippen molar-refractivity contribution < 1.29 is 4.42 Å². The van der Waals surface area contributed by atoms with Crippen LogP contribution in [0.25, 0.3) is 60.7 Å². The molecule has 0 aliphatic heterocycles. The van der Waals surface area contributed by atoms with Gasteiger partial charge in [-0.2, -0.15) is 0 Å². The summed E-state index contributed by atoms with van der Waals surface area (Å²) >= 11 is 0. The number of hydrogen-bond acceptors (Lipinski definition) is 1. The zero-order valence-electron chi connectivity index (χ0n) is 20.8. The van der Waals surface area contributed by atoms with Gasteiger partial charge >= 0.3 is 0 Å². The number of rotatable bonds is 2. The van der Waals surface area contributed by atoms with E-state index in [1.54, 1.807) is 0 Å². The second-order valence-electron chi connectivity index (χ2n) is 10.6. The van der Waals surface area contributed by atoms with Crippen LogP contribution in [0.4, 0.5) is 0 Å². The lowest BCUT2D eigenvalue weighted by molar-refractivity contribution is 0.466. The third-order valence-corrected chi connectivity index (χ3v) is 8.14. The lowest BCUT2D eigenvalue weighted by Gasteiger charge is -2.18. The van der Waals surface area contributed by atoms with Gasteiger partial charge < -0.3 is 8.98 Å². The molecule has 8 rings (SSSR count). The zero-order chi connectivity index (χ0) is 24.7. The van der Waals surface area contributed by atoms with Crippen molar-refractivity contribution in [2.75, 3.05) is 0 Å². The van der Waals surface area contributed by atoms with Crippen molar-refractivity contribution in [1.82, 2.24) is 4.57 Å². The first-order chi connectivity index (χ1) is 18.1. The molecule has 0 amide bonds. The van der Waals surface area contributed by atoms with Gasteiger partial charge in [0.2, 0.25) is 0 Å². The molecule has 37 heavy (non-hydrogen) atoms. The van der Waals surface area contributed by atoms with Crippen LogP contribution in [0.2, 0.25) is 0 Å². The van der Waals surface area contributed by atoms with Gasteiger partial charge in [-0.15, -0.1) is 0 Å². The summed E-state index contributed by atoms with van der Waals surface area (Å²) in [6.45, 7) is 4.55. The molecule has 0 unspecified atom stereocenters. The van der Waals surface area contributed by atoms with E-state index in [9.17, 15) is 0 Å². The average Bonchev–Trinajstić information content (AvgIpc) is 3.56. The molecule has 0 atom stereocenters. The summed E-state index contributed by atoms with van der Waals surface area (Å²) in [6.07, 6.45) is 0. The fourth-order valence-corrected chi connectivity index (χ4v) is 6.40. The van der Waals surface area contributed by atoms with Crippen molar-refractivity contribution in [3.8, 4) is 27.9 Å². The summed E-state index contributed by atoms with van der Waals surface area (Å²) in [7, 11) is 0. The highest BCUT2D eigenvalue weighted by molar-refractivity contribution is 6.19. The molecule has 0 spiro atoms. The predicted molar refractivity (Wildman–Crippen MR) is 154 cm³/mol. The fourth-order valence-electron chi connectivity index (χ4n) is 6.40. The Morgan fingerprint density at radius 3 is 2.24 bits per heavy atom. The first-order valence-corrected chi connectivity index (χ1v) is 12.9. The number of para-hydroxylation sites is 1. The number of benzene rings is 5. The third kappa shape index (κ3) is 2.70. The van der Waals surface area contributed by atoms with E-state index in [2.05, 4.69) is 134 Å². The summed E-state index contributed by atoms with van der Waals surface area (Å²) < 4.78 is 9.29. The predicted octanol–water partition coefficient (Wildman–Crippen LogP) is 9.50. The molecule has 7 aromatic rings. The topological polar surface area (TPSA) is 18.1 Å². The first-order valence-electron chi connectivity index (χ1n) is 12.9. The van der Waals surface area contributed by atoms with Gasteiger partial charge in [0.15, 0.2) is 5.58 Å². The van der Waals surface area contributed by atoms with Crippen LogP contribution in [0.5, 0.6) is 0 Å². The largest absolute Gasteiger partial charge is 0.457 e. The molecule has 5 aromatic carbocycles. The smallest absolute Gasteiger partial charge is 0.159 e. The van der Waals surface area contributed by atoms with Gasteiger partial charge in [-0.25, -0.2) is 0 Å². The van der Waals surface area contributed by atoms with Gasteiger partial charge in [-0.05, 0) is 60.4 Å². The van der Waals surface area contributed by atoms with Crippen LogP contribution in [0, 0.1) is 0 Å². The zero-order valence-corrected chi connectivity index (χ0v) is 20.8. The molecule has 2 heterocycles. The molecule has 2 heteroatoms. The minimum Gasteiger partial charge on any atom is -0.457 e. The molecule has 1 aliphatic carbocycles. The van der Waals surface area contributed by atoms with Crippen molar-refractivity contribution in [1.29, 1.82) is 0 Å². The molecule has 0 saturated carbocycles. The second kappa shape index (κ2) is 7.24. The van der Waals surface area contributed by atoms with Gasteiger partial charge in [-0.3, -0.25) is 0 Å². The van der Waals surface area contributed by atoms with E-state index in [0.717, 1.165) is 22.5 Å². The summed E-state index contributed by atoms with van der Waals surface area (Å²) in [5, 5.41) is 3.64. The Balaban J connectivity index is 1.50. The van der Waals surface area contributed by atoms with Crippen LogP contribution in [0.1, 0.15) is 25.2 Å². The minimum absolute atomic E-state index is 0.179. The van der Waals surface area contributed by atoms with Crippen molar-refractivity contribution in [3.63, 3.8) is 0 Å². The monoisotopic (exact) mass is 475 g/mol. The summed E-state index contributed by atoms with van der Waals surface area (Å²) in [6, 6.07) is 41.4. The molecule has 0 N–H and O–H groups in total. The lowest BCUT2D eigenvalue weighted by Crippen LogP contribution is -2.14. The highest BCUT2D eigenvalue weighted by Gasteiger charge is 2.40. The molecule has 0 bridgehead atoms. The average molecular weight is 476 g/mol. The Hall–Kier alpha value is -4.56. The van der Waals surface area contributed by atoms with Gasteiger partial charge in [0.25, 0.3) is 0 Å². The Bertz CT molecular complexity index is 2000. The van der Waals surface area contributed by atoms with E-state index in [1.165, 1.54) is 49.5 Å². The van der Waals surface area contributed by atoms with Crippen LogP contribution >= 0.6 is 0 Å². The van der Waals surface area contributed by atoms with Crippen LogP contribution < -0.4 is 0 Å². The Morgan fingerprint density at radius 2 is 1.35 bits per heavy atom. The maximum absolute atomic E-state index is 6.91. The highest BCUT2D eigenvalue weighted by Crippen LogP contribution is 2.54. The van der Waals surface area contributed by atoms with Crippen LogP contribution in [-0.4, -0.2) is 4.57 Å². The van der Waals surface area contributed by atoms with Crippen molar-refractivity contribution in [2.24, 2.45) is 0 Å². The van der Waals surface area contributed by atoms with E-state index in [1.807, 2.05) is 0 Å². The van der Waals surface area contributed by atoms with E-state index in [4.69, 9.17) is 4.42 Å². The molecule has 2 aromatic heterocycles. The minimum atomic E-state index is -0.179. The third-order valence-electron chi connectivity index (χ3n) is 8.14. The number of nitrogens with zero attached hydrogens (tertiary/aromatic N) is 1. The van der Waals surface area contributed by atoms with Crippen LogP contribution in [0.3, 0.4) is 0 Å². The molecule has 2 nitrogen and oxygen atoms in total. The van der Waals surface area contributed by atoms with Gasteiger partial charge in [0.05, 0.1) is 11.0 Å². The van der Waals surface area contributed by atoms with E-state index < -0.39 is 0 Å². The first kappa shape index (κ1) is 20.6. The van der Waals surface area contributed by atoms with Crippen LogP contribution in [0.15, 0.2) is 120 Å². The Labute approximate surface area is 215 Å². The molecule has 1 aliphatic rings. The van der Waals surface area contributed by atoms with Gasteiger partial charge in [0.1, 0.15) is 5.76 Å². The van der Waals surface area contributed by atoms with E-state index in [-0.39, 0.29) is 5.41 Å². The van der Waals surface area contributed by atoms with Gasteiger partial charge in [0, 0.05) is 32.8 Å². The maximum Gasteiger partial charge on any atom is 0.159 e. The lowest BCUT2D eigenvalue weighted by atomic mass is 9.86. The van der Waals surface area contributed by atoms with E-state index >= 15 is 0 Å². The van der Waals surface area contributed by atoms with Crippen molar-refractivity contribution in [2.45, 2.75) is 19.3 Å². The highest BCUT2D eigenvalue weighted by atomic mass is 16.3. The SMILES string of the molecule is CC1(C)c2ccccc2-c2c1oc1c2ccc2c3ccccc3n(-c3cccc(-c4ccccc4)c3)c21. The fraction of sp³-hybridized carbons (Fsp3) is 0.0857. The summed E-state index contributed by atoms with van der Waals surface area (Å²) in [5.74, 6) is 1.06. The number of hydrogen-bond donors (Lipinski definition) is 0. The molecule has 0 saturated heterocycles. The summed E-state index contributed by atoms with van der Waals surface area (Å²) in [4.78, 5) is 0.